The summed E-state index contributed by atoms with van der Waals surface area (Å²) in [6.07, 6.45) is 1.79. The summed E-state index contributed by atoms with van der Waals surface area (Å²) in [7, 11) is -4.35. The van der Waals surface area contributed by atoms with E-state index in [0.717, 1.165) is 16.0 Å². The average Bonchev–Trinajstić information content (AvgIpc) is 2.47. The molecule has 6 heteroatoms. The van der Waals surface area contributed by atoms with Crippen molar-refractivity contribution >= 4 is 32.3 Å². The lowest BCUT2D eigenvalue weighted by molar-refractivity contribution is 0.598. The molecule has 0 saturated heterocycles. The minimum absolute atomic E-state index is 0.227. The highest BCUT2D eigenvalue weighted by molar-refractivity contribution is 7.99. The van der Waals surface area contributed by atoms with Crippen molar-refractivity contribution in [2.24, 2.45) is 3.77 Å². The zero-order chi connectivity index (χ0) is 15.5. The van der Waals surface area contributed by atoms with Crippen molar-refractivity contribution in [2.75, 3.05) is 6.26 Å². The maximum Gasteiger partial charge on any atom is 0.288 e. The number of hydrogen-bond acceptors (Lipinski definition) is 2. The summed E-state index contributed by atoms with van der Waals surface area (Å²) in [5.74, 6) is 0.441. The SMILES string of the molecule is Cc1ccc(S(=O)(=O)N=[S@@](C)c2ccc(CCl)cc2)cc1. The van der Waals surface area contributed by atoms with Crippen molar-refractivity contribution in [3.8, 4) is 0 Å². The molecule has 2 aromatic rings. The molecule has 0 spiro atoms. The summed E-state index contributed by atoms with van der Waals surface area (Å²) in [4.78, 5) is 1.10. The van der Waals surface area contributed by atoms with Gasteiger partial charge in [-0.05, 0) is 43.0 Å². The zero-order valence-electron chi connectivity index (χ0n) is 11.8. The lowest BCUT2D eigenvalue weighted by Gasteiger charge is -2.05. The summed E-state index contributed by atoms with van der Waals surface area (Å²) in [6.45, 7) is 1.91. The van der Waals surface area contributed by atoms with Gasteiger partial charge in [0, 0.05) is 10.8 Å². The van der Waals surface area contributed by atoms with Crippen LogP contribution in [-0.2, 0) is 26.6 Å². The van der Waals surface area contributed by atoms with Gasteiger partial charge in [0.25, 0.3) is 10.0 Å². The van der Waals surface area contributed by atoms with E-state index in [0.29, 0.717) is 5.88 Å². The normalized spacial score (nSPS) is 13.3. The summed E-state index contributed by atoms with van der Waals surface area (Å²) in [5, 5.41) is 0. The van der Waals surface area contributed by atoms with Gasteiger partial charge in [-0.2, -0.15) is 8.42 Å². The molecule has 0 unspecified atom stereocenters. The molecule has 0 aliphatic heterocycles. The number of halogens is 1. The zero-order valence-corrected chi connectivity index (χ0v) is 14.2. The average molecular weight is 342 g/mol. The second-order valence-corrected chi connectivity index (χ2v) is 8.33. The summed E-state index contributed by atoms with van der Waals surface area (Å²) in [6, 6.07) is 14.2. The first-order chi connectivity index (χ1) is 9.92. The van der Waals surface area contributed by atoms with Crippen molar-refractivity contribution in [3.63, 3.8) is 0 Å². The minimum atomic E-state index is -3.63. The number of hydrogen-bond donors (Lipinski definition) is 0. The third-order valence-corrected chi connectivity index (χ3v) is 6.76. The number of aryl methyl sites for hydroxylation is 1. The van der Waals surface area contributed by atoms with Crippen LogP contribution in [0.15, 0.2) is 62.1 Å². The van der Waals surface area contributed by atoms with E-state index in [9.17, 15) is 8.42 Å². The predicted octanol–water partition coefficient (Wildman–Crippen LogP) is 3.91. The molecule has 112 valence electrons. The monoisotopic (exact) mass is 341 g/mol. The van der Waals surface area contributed by atoms with Crippen molar-refractivity contribution in [1.82, 2.24) is 0 Å². The van der Waals surface area contributed by atoms with Gasteiger partial charge in [-0.3, -0.25) is 0 Å². The molecule has 0 bridgehead atoms. The maximum absolute atomic E-state index is 12.3. The van der Waals surface area contributed by atoms with Crippen molar-refractivity contribution in [1.29, 1.82) is 0 Å². The molecule has 0 heterocycles. The van der Waals surface area contributed by atoms with Crippen LogP contribution < -0.4 is 0 Å². The predicted molar refractivity (Wildman–Crippen MR) is 88.3 cm³/mol. The Hall–Kier alpha value is -1.17. The van der Waals surface area contributed by atoms with Crippen LogP contribution in [0, 0.1) is 6.92 Å². The van der Waals surface area contributed by atoms with E-state index >= 15 is 0 Å². The number of benzene rings is 2. The Balaban J connectivity index is 2.33. The van der Waals surface area contributed by atoms with Gasteiger partial charge in [0.15, 0.2) is 0 Å². The Morgan fingerprint density at radius 1 is 1.05 bits per heavy atom. The molecular weight excluding hydrogens is 326 g/mol. The summed E-state index contributed by atoms with van der Waals surface area (Å²) < 4.78 is 28.5. The van der Waals surface area contributed by atoms with Gasteiger partial charge in [-0.15, -0.1) is 15.4 Å². The van der Waals surface area contributed by atoms with Crippen LogP contribution in [0.25, 0.3) is 0 Å². The molecule has 0 saturated carbocycles. The molecule has 1 atom stereocenters. The highest BCUT2D eigenvalue weighted by Crippen LogP contribution is 2.17. The summed E-state index contributed by atoms with van der Waals surface area (Å²) >= 11 is 5.74. The van der Waals surface area contributed by atoms with Gasteiger partial charge in [0.1, 0.15) is 0 Å². The third kappa shape index (κ3) is 4.15. The quantitative estimate of drug-likeness (QED) is 0.791. The smallest absolute Gasteiger partial charge is 0.199 e. The Bertz CT molecular complexity index is 751. The number of sulfonamides is 1. The lowest BCUT2D eigenvalue weighted by atomic mass is 10.2. The van der Waals surface area contributed by atoms with E-state index in [2.05, 4.69) is 3.77 Å². The van der Waals surface area contributed by atoms with Crippen molar-refractivity contribution < 1.29 is 8.42 Å². The fraction of sp³-hybridized carbons (Fsp3) is 0.200. The van der Waals surface area contributed by atoms with Crippen LogP contribution in [0.4, 0.5) is 0 Å². The van der Waals surface area contributed by atoms with Crippen LogP contribution in [-0.4, -0.2) is 14.7 Å². The fourth-order valence-corrected chi connectivity index (χ4v) is 4.77. The number of nitrogens with zero attached hydrogens (tertiary/aromatic N) is 1. The molecular formula is C15H16ClNO2S2. The van der Waals surface area contributed by atoms with Crippen molar-refractivity contribution in [3.05, 3.63) is 59.7 Å². The molecule has 0 amide bonds. The van der Waals surface area contributed by atoms with E-state index in [1.807, 2.05) is 31.2 Å². The van der Waals surface area contributed by atoms with Gasteiger partial charge in [-0.25, -0.2) is 0 Å². The Labute approximate surface area is 133 Å². The first-order valence-electron chi connectivity index (χ1n) is 6.28. The standard InChI is InChI=1S/C15H16ClNO2S2/c1-12-3-9-15(10-4-12)21(18,19)17-20(2)14-7-5-13(11-16)6-8-14/h3-10H,11H2,1-2H3/t20-/m0/s1. The Morgan fingerprint density at radius 2 is 1.62 bits per heavy atom. The molecule has 2 rings (SSSR count). The van der Waals surface area contributed by atoms with Crippen LogP contribution in [0.3, 0.4) is 0 Å². The van der Waals surface area contributed by atoms with Gasteiger partial charge < -0.3 is 0 Å². The largest absolute Gasteiger partial charge is 0.288 e. The molecule has 0 aliphatic carbocycles. The Kier molecular flexibility index (Phi) is 5.19. The van der Waals surface area contributed by atoms with Crippen molar-refractivity contribution in [2.45, 2.75) is 22.6 Å². The highest BCUT2D eigenvalue weighted by Gasteiger charge is 2.13. The molecule has 2 aromatic carbocycles. The molecule has 0 aromatic heterocycles. The summed E-state index contributed by atoms with van der Waals surface area (Å²) in [5.41, 5.74) is 2.01. The maximum atomic E-state index is 12.3. The number of rotatable bonds is 4. The van der Waals surface area contributed by atoms with Gasteiger partial charge in [0.05, 0.1) is 4.90 Å². The molecule has 0 aliphatic rings. The molecule has 0 N–H and O–H groups in total. The topological polar surface area (TPSA) is 46.5 Å². The van der Waals surface area contributed by atoms with E-state index in [1.54, 1.807) is 30.5 Å². The lowest BCUT2D eigenvalue weighted by Crippen LogP contribution is -2.00. The van der Waals surface area contributed by atoms with E-state index in [-0.39, 0.29) is 4.90 Å². The van der Waals surface area contributed by atoms with Crippen LogP contribution in [0.1, 0.15) is 11.1 Å². The molecule has 3 nitrogen and oxygen atoms in total. The van der Waals surface area contributed by atoms with Gasteiger partial charge in [-0.1, -0.05) is 40.5 Å². The highest BCUT2D eigenvalue weighted by atomic mass is 35.5. The van der Waals surface area contributed by atoms with E-state index < -0.39 is 20.7 Å². The van der Waals surface area contributed by atoms with E-state index in [4.69, 9.17) is 11.6 Å². The van der Waals surface area contributed by atoms with Crippen LogP contribution in [0.5, 0.6) is 0 Å². The fourth-order valence-electron chi connectivity index (χ4n) is 1.72. The first kappa shape index (κ1) is 16.2. The second-order valence-electron chi connectivity index (χ2n) is 4.62. The minimum Gasteiger partial charge on any atom is -0.199 e. The molecule has 0 fully saturated rings. The van der Waals surface area contributed by atoms with Gasteiger partial charge in [0.2, 0.25) is 0 Å². The Morgan fingerprint density at radius 3 is 2.14 bits per heavy atom. The molecule has 21 heavy (non-hydrogen) atoms. The third-order valence-electron chi connectivity index (χ3n) is 2.95. The van der Waals surface area contributed by atoms with Gasteiger partial charge >= 0.3 is 0 Å². The van der Waals surface area contributed by atoms with Crippen LogP contribution in [0.2, 0.25) is 0 Å². The van der Waals surface area contributed by atoms with E-state index in [1.165, 1.54) is 0 Å². The second kappa shape index (κ2) is 6.73. The molecule has 0 radical (unpaired) electrons. The van der Waals surface area contributed by atoms with Crippen LogP contribution >= 0.6 is 11.6 Å². The first-order valence-corrected chi connectivity index (χ1v) is 9.84. The number of alkyl halides is 1.